The molecule has 0 atom stereocenters. The number of hydrogen-bond donors (Lipinski definition) is 1. The van der Waals surface area contributed by atoms with E-state index in [-0.39, 0.29) is 0 Å². The minimum Gasteiger partial charge on any atom is -0.477 e. The fourth-order valence-corrected chi connectivity index (χ4v) is 3.24. The van der Waals surface area contributed by atoms with E-state index in [0.29, 0.717) is 19.0 Å². The van der Waals surface area contributed by atoms with Crippen LogP contribution in [0.2, 0.25) is 0 Å². The Bertz CT molecular complexity index is 1080. The van der Waals surface area contributed by atoms with Crippen LogP contribution in [-0.4, -0.2) is 16.6 Å². The van der Waals surface area contributed by atoms with Gasteiger partial charge in [0.05, 0.1) is 23.2 Å². The molecule has 4 rings (SSSR count). The predicted octanol–water partition coefficient (Wildman–Crippen LogP) is 5.21. The highest BCUT2D eigenvalue weighted by Gasteiger charge is 2.14. The van der Waals surface area contributed by atoms with Crippen LogP contribution in [0, 0.1) is 0 Å². The number of pyridine rings is 2. The number of nitrogens with two attached hydrogens (primary N) is 1. The number of hydrogen-bond acceptors (Lipinski definition) is 4. The van der Waals surface area contributed by atoms with Crippen molar-refractivity contribution < 1.29 is 4.74 Å². The molecule has 0 unspecified atom stereocenters. The third-order valence-electron chi connectivity index (χ3n) is 4.70. The normalized spacial score (nSPS) is 10.9. The molecule has 4 aromatic rings. The number of nitrogens with zero attached hydrogens (tertiary/aromatic N) is 2. The molecule has 4 nitrogen and oxygen atoms in total. The Morgan fingerprint density at radius 1 is 0.929 bits per heavy atom. The zero-order valence-corrected chi connectivity index (χ0v) is 15.9. The summed E-state index contributed by atoms with van der Waals surface area (Å²) in [6.07, 6.45) is 2.69. The molecule has 140 valence electrons. The molecular formula is C24H23N3O. The van der Waals surface area contributed by atoms with Crippen LogP contribution in [0.5, 0.6) is 5.88 Å². The summed E-state index contributed by atoms with van der Waals surface area (Å²) in [5, 5.41) is 0.928. The smallest absolute Gasteiger partial charge is 0.222 e. The van der Waals surface area contributed by atoms with E-state index in [1.807, 2.05) is 24.3 Å². The third-order valence-corrected chi connectivity index (χ3v) is 4.70. The molecule has 0 aliphatic carbocycles. The molecule has 0 saturated carbocycles. The molecule has 28 heavy (non-hydrogen) atoms. The molecule has 0 aliphatic rings. The zero-order chi connectivity index (χ0) is 19.3. The molecule has 2 N–H and O–H groups in total. The van der Waals surface area contributed by atoms with E-state index in [9.17, 15) is 0 Å². The molecule has 2 aromatic carbocycles. The molecule has 0 radical (unpaired) electrons. The monoisotopic (exact) mass is 369 g/mol. The zero-order valence-electron chi connectivity index (χ0n) is 15.9. The predicted molar refractivity (Wildman–Crippen MR) is 114 cm³/mol. The highest BCUT2D eigenvalue weighted by Crippen LogP contribution is 2.35. The second-order valence-corrected chi connectivity index (χ2v) is 6.68. The van der Waals surface area contributed by atoms with E-state index < -0.39 is 0 Å². The average molecular weight is 369 g/mol. The minimum atomic E-state index is 0.529. The van der Waals surface area contributed by atoms with Crippen molar-refractivity contribution in [1.29, 1.82) is 0 Å². The third kappa shape index (κ3) is 3.59. The van der Waals surface area contributed by atoms with Crippen LogP contribution in [0.25, 0.3) is 33.3 Å². The van der Waals surface area contributed by atoms with Gasteiger partial charge in [0.25, 0.3) is 0 Å². The molecule has 4 heteroatoms. The minimum absolute atomic E-state index is 0.529. The summed E-state index contributed by atoms with van der Waals surface area (Å²) in [5.41, 5.74) is 11.9. The Kier molecular flexibility index (Phi) is 5.31. The average Bonchev–Trinajstić information content (AvgIpc) is 2.77. The molecule has 0 amide bonds. The highest BCUT2D eigenvalue weighted by atomic mass is 16.5. The van der Waals surface area contributed by atoms with Gasteiger partial charge < -0.3 is 10.5 Å². The second-order valence-electron chi connectivity index (χ2n) is 6.68. The van der Waals surface area contributed by atoms with Crippen molar-refractivity contribution in [2.24, 2.45) is 5.73 Å². The van der Waals surface area contributed by atoms with Crippen molar-refractivity contribution in [3.63, 3.8) is 0 Å². The van der Waals surface area contributed by atoms with Crippen LogP contribution >= 0.6 is 0 Å². The van der Waals surface area contributed by atoms with Crippen LogP contribution in [0.15, 0.2) is 72.9 Å². The second kappa shape index (κ2) is 8.19. The number of fused-ring (bicyclic) bond motifs is 1. The van der Waals surface area contributed by atoms with Gasteiger partial charge in [-0.15, -0.1) is 0 Å². The van der Waals surface area contributed by atoms with Crippen molar-refractivity contribution in [2.45, 2.75) is 19.9 Å². The number of benzene rings is 2. The van der Waals surface area contributed by atoms with Gasteiger partial charge in [-0.3, -0.25) is 0 Å². The Balaban J connectivity index is 1.94. The Hall–Kier alpha value is -3.24. The largest absolute Gasteiger partial charge is 0.477 e. The molecule has 2 heterocycles. The number of ether oxygens (including phenoxy) is 1. The maximum atomic E-state index is 5.87. The quantitative estimate of drug-likeness (QED) is 0.507. The first kappa shape index (κ1) is 18.1. The van der Waals surface area contributed by atoms with Gasteiger partial charge in [-0.05, 0) is 29.7 Å². The molecule has 0 aliphatic heterocycles. The van der Waals surface area contributed by atoms with Gasteiger partial charge in [0.1, 0.15) is 0 Å². The van der Waals surface area contributed by atoms with E-state index in [4.69, 9.17) is 15.5 Å². The highest BCUT2D eigenvalue weighted by molar-refractivity contribution is 5.93. The van der Waals surface area contributed by atoms with Gasteiger partial charge in [0.2, 0.25) is 5.88 Å². The van der Waals surface area contributed by atoms with Gasteiger partial charge in [0.15, 0.2) is 0 Å². The first-order valence-electron chi connectivity index (χ1n) is 9.57. The lowest BCUT2D eigenvalue weighted by molar-refractivity contribution is 0.309. The summed E-state index contributed by atoms with van der Waals surface area (Å²) in [5.74, 6) is 0.633. The Morgan fingerprint density at radius 2 is 1.71 bits per heavy atom. The van der Waals surface area contributed by atoms with Crippen LogP contribution < -0.4 is 10.5 Å². The van der Waals surface area contributed by atoms with E-state index >= 15 is 0 Å². The maximum Gasteiger partial charge on any atom is 0.222 e. The number of rotatable bonds is 6. The summed E-state index contributed by atoms with van der Waals surface area (Å²) in [7, 11) is 0. The van der Waals surface area contributed by atoms with Gasteiger partial charge in [-0.1, -0.05) is 61.5 Å². The standard InChI is InChI=1S/C24H23N3O/c1-2-14-28-24-21-15-20(18-6-4-3-5-7-18)23(27-22(21)12-13-26-24)19-10-8-17(16-25)9-11-19/h3-13,15H,2,14,16,25H2,1H3. The lowest BCUT2D eigenvalue weighted by Crippen LogP contribution is -2.00. The van der Waals surface area contributed by atoms with Gasteiger partial charge in [-0.25, -0.2) is 9.97 Å². The summed E-state index contributed by atoms with van der Waals surface area (Å²) >= 11 is 0. The van der Waals surface area contributed by atoms with Crippen molar-refractivity contribution in [2.75, 3.05) is 6.61 Å². The fraction of sp³-hybridized carbons (Fsp3) is 0.167. The van der Waals surface area contributed by atoms with Crippen LogP contribution in [-0.2, 0) is 6.54 Å². The maximum absolute atomic E-state index is 5.87. The van der Waals surface area contributed by atoms with E-state index in [1.165, 1.54) is 0 Å². The first-order valence-corrected chi connectivity index (χ1v) is 9.57. The number of aromatic nitrogens is 2. The van der Waals surface area contributed by atoms with Crippen LogP contribution in [0.3, 0.4) is 0 Å². The van der Waals surface area contributed by atoms with Gasteiger partial charge in [0, 0.05) is 23.9 Å². The van der Waals surface area contributed by atoms with E-state index in [2.05, 4.69) is 54.4 Å². The lowest BCUT2D eigenvalue weighted by Gasteiger charge is -2.14. The van der Waals surface area contributed by atoms with E-state index in [0.717, 1.165) is 45.3 Å². The fourth-order valence-electron chi connectivity index (χ4n) is 3.24. The Morgan fingerprint density at radius 3 is 2.43 bits per heavy atom. The van der Waals surface area contributed by atoms with Crippen molar-refractivity contribution in [3.05, 3.63) is 78.5 Å². The SMILES string of the molecule is CCCOc1nccc2nc(-c3ccc(CN)cc3)c(-c3ccccc3)cc12. The molecule has 2 aromatic heterocycles. The summed E-state index contributed by atoms with van der Waals surface area (Å²) in [6, 6.07) is 22.6. The van der Waals surface area contributed by atoms with Gasteiger partial charge >= 0.3 is 0 Å². The van der Waals surface area contributed by atoms with Crippen molar-refractivity contribution in [1.82, 2.24) is 9.97 Å². The summed E-state index contributed by atoms with van der Waals surface area (Å²) in [6.45, 7) is 3.25. The lowest BCUT2D eigenvalue weighted by atomic mass is 9.97. The Labute approximate surface area is 165 Å². The van der Waals surface area contributed by atoms with E-state index in [1.54, 1.807) is 6.20 Å². The molecule has 0 fully saturated rings. The molecule has 0 spiro atoms. The summed E-state index contributed by atoms with van der Waals surface area (Å²) in [4.78, 5) is 9.42. The first-order chi connectivity index (χ1) is 13.8. The van der Waals surface area contributed by atoms with Crippen LogP contribution in [0.1, 0.15) is 18.9 Å². The molecular weight excluding hydrogens is 346 g/mol. The molecule has 0 saturated heterocycles. The molecule has 0 bridgehead atoms. The van der Waals surface area contributed by atoms with Crippen LogP contribution in [0.4, 0.5) is 0 Å². The van der Waals surface area contributed by atoms with Gasteiger partial charge in [-0.2, -0.15) is 0 Å². The summed E-state index contributed by atoms with van der Waals surface area (Å²) < 4.78 is 5.87. The topological polar surface area (TPSA) is 61.0 Å². The van der Waals surface area contributed by atoms with Crippen molar-refractivity contribution >= 4 is 10.9 Å². The van der Waals surface area contributed by atoms with Crippen molar-refractivity contribution in [3.8, 4) is 28.3 Å².